The Kier molecular flexibility index (Phi) is 4.51. The number of hydrogen-bond acceptors (Lipinski definition) is 3. The molecule has 0 radical (unpaired) electrons. The van der Waals surface area contributed by atoms with Crippen LogP contribution in [-0.2, 0) is 0 Å². The van der Waals surface area contributed by atoms with E-state index >= 15 is 0 Å². The Hall–Kier alpha value is -1.46. The predicted molar refractivity (Wildman–Crippen MR) is 86.7 cm³/mol. The average molecular weight is 348 g/mol. The van der Waals surface area contributed by atoms with E-state index in [0.29, 0.717) is 4.95 Å². The molecule has 3 rings (SSSR count). The fraction of sp³-hybridized carbons (Fsp3) is 0.375. The molecule has 0 bridgehead atoms. The Balaban J connectivity index is 1.93. The molecule has 0 amide bonds. The van der Waals surface area contributed by atoms with E-state index in [1.807, 2.05) is 18.2 Å². The van der Waals surface area contributed by atoms with Crippen molar-refractivity contribution < 1.29 is 0 Å². The van der Waals surface area contributed by atoms with Gasteiger partial charge in [-0.1, -0.05) is 46.3 Å². The van der Waals surface area contributed by atoms with Gasteiger partial charge in [0.1, 0.15) is 5.82 Å². The molecule has 0 saturated carbocycles. The third-order valence-corrected chi connectivity index (χ3v) is 4.96. The summed E-state index contributed by atoms with van der Waals surface area (Å²) in [5, 5.41) is 0. The molecule has 2 aromatic rings. The van der Waals surface area contributed by atoms with Gasteiger partial charge in [-0.15, -0.1) is 0 Å². The summed E-state index contributed by atoms with van der Waals surface area (Å²) in [5.41, 5.74) is 1.08. The molecule has 21 heavy (non-hydrogen) atoms. The zero-order chi connectivity index (χ0) is 14.7. The second-order valence-corrected chi connectivity index (χ2v) is 6.41. The molecule has 1 saturated heterocycles. The lowest BCUT2D eigenvalue weighted by Gasteiger charge is -2.25. The lowest BCUT2D eigenvalue weighted by atomic mass is 9.97. The van der Waals surface area contributed by atoms with Crippen molar-refractivity contribution >= 4 is 15.9 Å². The van der Waals surface area contributed by atoms with Gasteiger partial charge < -0.3 is 4.98 Å². The highest BCUT2D eigenvalue weighted by Gasteiger charge is 2.27. The first-order valence-corrected chi connectivity index (χ1v) is 8.14. The molecule has 0 aliphatic carbocycles. The minimum absolute atomic E-state index is 0.0817. The monoisotopic (exact) mass is 347 g/mol. The number of benzene rings is 1. The molecule has 1 aromatic carbocycles. The Labute approximate surface area is 132 Å². The Bertz CT molecular complexity index is 643. The molecule has 2 unspecified atom stereocenters. The van der Waals surface area contributed by atoms with Crippen molar-refractivity contribution in [3.05, 3.63) is 64.3 Å². The van der Waals surface area contributed by atoms with Gasteiger partial charge >= 0.3 is 0 Å². The smallest absolute Gasteiger partial charge is 0.250 e. The third-order valence-electron chi connectivity index (χ3n) is 3.92. The van der Waals surface area contributed by atoms with E-state index in [2.05, 4.69) is 42.9 Å². The summed E-state index contributed by atoms with van der Waals surface area (Å²) in [6, 6.07) is 11.7. The number of nitrogens with one attached hydrogen (secondary N) is 1. The number of H-pyrrole nitrogens is 1. The number of aromatic amines is 1. The van der Waals surface area contributed by atoms with E-state index in [-0.39, 0.29) is 11.5 Å². The molecule has 1 N–H and O–H groups in total. The fourth-order valence-electron chi connectivity index (χ4n) is 2.82. The first kappa shape index (κ1) is 14.5. The van der Waals surface area contributed by atoms with Crippen LogP contribution in [0.2, 0.25) is 0 Å². The topological polar surface area (TPSA) is 49.0 Å². The normalized spacial score (nSPS) is 20.5. The number of halogens is 1. The van der Waals surface area contributed by atoms with Crippen molar-refractivity contribution in [2.75, 3.05) is 13.1 Å². The van der Waals surface area contributed by atoms with Crippen molar-refractivity contribution in [3.8, 4) is 0 Å². The molecule has 1 aromatic heterocycles. The van der Waals surface area contributed by atoms with Gasteiger partial charge in [0.2, 0.25) is 0 Å². The Morgan fingerprint density at radius 2 is 2.14 bits per heavy atom. The summed E-state index contributed by atoms with van der Waals surface area (Å²) >= 11 is 3.73. The minimum atomic E-state index is -0.0993. The molecule has 2 heterocycles. The zero-order valence-corrected chi connectivity index (χ0v) is 13.3. The minimum Gasteiger partial charge on any atom is -0.310 e. The standard InChI is InChI=1S/C16H18BrN3O/c17-14-7-4-10-20(14)11-13(12-5-2-1-3-6-12)16-18-9-8-15(21)19-16/h1-3,5-6,8-9,13-14H,4,7,10-11H2,(H,18,19,21). The van der Waals surface area contributed by atoms with E-state index < -0.39 is 0 Å². The number of likely N-dealkylation sites (tertiary alicyclic amines) is 1. The molecule has 5 heteroatoms. The average Bonchev–Trinajstić information content (AvgIpc) is 2.91. The van der Waals surface area contributed by atoms with E-state index in [1.54, 1.807) is 6.20 Å². The van der Waals surface area contributed by atoms with Gasteiger partial charge in [-0.05, 0) is 24.9 Å². The van der Waals surface area contributed by atoms with Crippen LogP contribution in [0, 0.1) is 0 Å². The number of alkyl halides is 1. The van der Waals surface area contributed by atoms with Crippen LogP contribution in [0.15, 0.2) is 47.4 Å². The zero-order valence-electron chi connectivity index (χ0n) is 11.7. The van der Waals surface area contributed by atoms with E-state index in [4.69, 9.17) is 0 Å². The summed E-state index contributed by atoms with van der Waals surface area (Å²) in [5.74, 6) is 0.818. The molecule has 1 aliphatic rings. The second kappa shape index (κ2) is 6.54. The van der Waals surface area contributed by atoms with Gasteiger partial charge in [-0.25, -0.2) is 4.98 Å². The number of hydrogen-bond donors (Lipinski definition) is 1. The molecule has 110 valence electrons. The van der Waals surface area contributed by atoms with Crippen LogP contribution < -0.4 is 5.56 Å². The predicted octanol–water partition coefficient (Wildman–Crippen LogP) is 2.72. The lowest BCUT2D eigenvalue weighted by Crippen LogP contribution is -2.31. The summed E-state index contributed by atoms with van der Waals surface area (Å²) in [7, 11) is 0. The van der Waals surface area contributed by atoms with Crippen LogP contribution in [0.3, 0.4) is 0 Å². The highest BCUT2D eigenvalue weighted by molar-refractivity contribution is 9.09. The molecule has 1 fully saturated rings. The van der Waals surface area contributed by atoms with Crippen molar-refractivity contribution in [3.63, 3.8) is 0 Å². The van der Waals surface area contributed by atoms with Crippen LogP contribution in [0.25, 0.3) is 0 Å². The summed E-state index contributed by atoms with van der Waals surface area (Å²) < 4.78 is 0. The largest absolute Gasteiger partial charge is 0.310 e. The first-order chi connectivity index (χ1) is 10.2. The van der Waals surface area contributed by atoms with Crippen LogP contribution in [-0.4, -0.2) is 32.9 Å². The fourth-order valence-corrected chi connectivity index (χ4v) is 3.52. The first-order valence-electron chi connectivity index (χ1n) is 7.22. The summed E-state index contributed by atoms with van der Waals surface area (Å²) in [6.07, 6.45) is 3.95. The highest BCUT2D eigenvalue weighted by atomic mass is 79.9. The molecule has 2 atom stereocenters. The maximum Gasteiger partial charge on any atom is 0.250 e. The second-order valence-electron chi connectivity index (χ2n) is 5.35. The molecule has 0 spiro atoms. The molecular weight excluding hydrogens is 330 g/mol. The van der Waals surface area contributed by atoms with E-state index in [9.17, 15) is 4.79 Å². The lowest BCUT2D eigenvalue weighted by molar-refractivity contribution is 0.307. The number of rotatable bonds is 4. The van der Waals surface area contributed by atoms with Crippen LogP contribution in [0.4, 0.5) is 0 Å². The van der Waals surface area contributed by atoms with Gasteiger partial charge in [0.05, 0.1) is 10.9 Å². The van der Waals surface area contributed by atoms with Gasteiger partial charge in [0, 0.05) is 18.8 Å². The van der Waals surface area contributed by atoms with Crippen LogP contribution in [0.1, 0.15) is 30.1 Å². The molecular formula is C16H18BrN3O. The van der Waals surface area contributed by atoms with Crippen LogP contribution >= 0.6 is 15.9 Å². The van der Waals surface area contributed by atoms with E-state index in [0.717, 1.165) is 18.9 Å². The molecule has 4 nitrogen and oxygen atoms in total. The van der Waals surface area contributed by atoms with E-state index in [1.165, 1.54) is 24.5 Å². The third kappa shape index (κ3) is 3.41. The maximum atomic E-state index is 11.6. The van der Waals surface area contributed by atoms with Gasteiger partial charge in [0.25, 0.3) is 5.56 Å². The number of aromatic nitrogens is 2. The van der Waals surface area contributed by atoms with Crippen molar-refractivity contribution in [1.82, 2.24) is 14.9 Å². The molecule has 1 aliphatic heterocycles. The highest BCUT2D eigenvalue weighted by Crippen LogP contribution is 2.28. The van der Waals surface area contributed by atoms with Crippen molar-refractivity contribution in [1.29, 1.82) is 0 Å². The van der Waals surface area contributed by atoms with Crippen LogP contribution in [0.5, 0.6) is 0 Å². The van der Waals surface area contributed by atoms with Crippen molar-refractivity contribution in [2.45, 2.75) is 23.7 Å². The Morgan fingerprint density at radius 3 is 2.81 bits per heavy atom. The van der Waals surface area contributed by atoms with Gasteiger partial charge in [-0.2, -0.15) is 0 Å². The van der Waals surface area contributed by atoms with Crippen molar-refractivity contribution in [2.24, 2.45) is 0 Å². The van der Waals surface area contributed by atoms with Gasteiger partial charge in [-0.3, -0.25) is 9.69 Å². The Morgan fingerprint density at radius 1 is 1.33 bits per heavy atom. The quantitative estimate of drug-likeness (QED) is 0.683. The maximum absolute atomic E-state index is 11.6. The summed E-state index contributed by atoms with van der Waals surface area (Å²) in [4.78, 5) is 21.7. The van der Waals surface area contributed by atoms with Gasteiger partial charge in [0.15, 0.2) is 0 Å². The SMILES string of the molecule is O=c1ccnc(C(CN2CCCC2Br)c2ccccc2)[nH]1. The number of nitrogens with zero attached hydrogens (tertiary/aromatic N) is 2. The summed E-state index contributed by atoms with van der Waals surface area (Å²) in [6.45, 7) is 1.93.